The Kier molecular flexibility index (Phi) is 6.04. The van der Waals surface area contributed by atoms with Crippen molar-refractivity contribution < 1.29 is 14.0 Å². The largest absolute Gasteiger partial charge is 0.369 e. The number of amides is 2. The summed E-state index contributed by atoms with van der Waals surface area (Å²) in [7, 11) is 0. The van der Waals surface area contributed by atoms with Gasteiger partial charge in [0.1, 0.15) is 5.82 Å². The molecular formula is C17H23FN2O2S. The maximum absolute atomic E-state index is 13.0. The minimum Gasteiger partial charge on any atom is -0.369 e. The van der Waals surface area contributed by atoms with Crippen molar-refractivity contribution in [2.75, 3.05) is 13.1 Å². The van der Waals surface area contributed by atoms with Crippen LogP contribution in [0.1, 0.15) is 37.5 Å². The molecule has 0 aliphatic carbocycles. The van der Waals surface area contributed by atoms with Crippen LogP contribution in [0.3, 0.4) is 0 Å². The summed E-state index contributed by atoms with van der Waals surface area (Å²) in [5.41, 5.74) is 6.35. The summed E-state index contributed by atoms with van der Waals surface area (Å²) in [6.45, 7) is 4.98. The van der Waals surface area contributed by atoms with Gasteiger partial charge in [-0.2, -0.15) is 0 Å². The van der Waals surface area contributed by atoms with Gasteiger partial charge in [-0.15, -0.1) is 11.8 Å². The predicted octanol–water partition coefficient (Wildman–Crippen LogP) is 2.73. The smallest absolute Gasteiger partial charge is 0.235 e. The quantitative estimate of drug-likeness (QED) is 0.898. The molecule has 1 heterocycles. The van der Waals surface area contributed by atoms with Crippen molar-refractivity contribution in [2.45, 2.75) is 37.2 Å². The van der Waals surface area contributed by atoms with E-state index in [0.29, 0.717) is 13.1 Å². The molecule has 23 heavy (non-hydrogen) atoms. The van der Waals surface area contributed by atoms with E-state index in [4.69, 9.17) is 5.73 Å². The molecule has 3 atom stereocenters. The summed E-state index contributed by atoms with van der Waals surface area (Å²) in [4.78, 5) is 25.7. The number of rotatable bonds is 5. The molecule has 1 saturated heterocycles. The Labute approximate surface area is 140 Å². The zero-order valence-electron chi connectivity index (χ0n) is 13.5. The molecular weight excluding hydrogens is 315 g/mol. The molecule has 6 heteroatoms. The van der Waals surface area contributed by atoms with E-state index in [-0.39, 0.29) is 34.0 Å². The number of piperidine rings is 1. The van der Waals surface area contributed by atoms with Gasteiger partial charge in [-0.05, 0) is 44.4 Å². The van der Waals surface area contributed by atoms with Crippen LogP contribution in [0.5, 0.6) is 0 Å². The van der Waals surface area contributed by atoms with E-state index in [0.717, 1.165) is 18.4 Å². The highest BCUT2D eigenvalue weighted by atomic mass is 32.2. The SMILES string of the molecule is C[C@H](S[C@H](C)c1ccc(F)cc1)C(=O)N1CCC[C@@H](C(N)=O)C1. The lowest BCUT2D eigenvalue weighted by Gasteiger charge is -2.33. The first kappa shape index (κ1) is 17.8. The number of primary amides is 1. The number of hydrogen-bond donors (Lipinski definition) is 1. The number of hydrogen-bond acceptors (Lipinski definition) is 3. The molecule has 0 saturated carbocycles. The number of carbonyl (C=O) groups is 2. The highest BCUT2D eigenvalue weighted by Gasteiger charge is 2.30. The van der Waals surface area contributed by atoms with Crippen LogP contribution in [0.4, 0.5) is 4.39 Å². The summed E-state index contributed by atoms with van der Waals surface area (Å²) in [5, 5.41) is -0.132. The number of thioether (sulfide) groups is 1. The van der Waals surface area contributed by atoms with Gasteiger partial charge in [-0.25, -0.2) is 4.39 Å². The Bertz CT molecular complexity index is 564. The molecule has 1 aromatic carbocycles. The molecule has 0 aromatic heterocycles. The number of nitrogens with two attached hydrogens (primary N) is 1. The summed E-state index contributed by atoms with van der Waals surface area (Å²) < 4.78 is 13.0. The van der Waals surface area contributed by atoms with Gasteiger partial charge in [0, 0.05) is 18.3 Å². The number of likely N-dealkylation sites (tertiary alicyclic amines) is 1. The number of carbonyl (C=O) groups excluding carboxylic acids is 2. The molecule has 0 radical (unpaired) electrons. The van der Waals surface area contributed by atoms with Crippen LogP contribution in [-0.2, 0) is 9.59 Å². The molecule has 2 rings (SSSR count). The lowest BCUT2D eigenvalue weighted by Crippen LogP contribution is -2.46. The molecule has 0 bridgehead atoms. The van der Waals surface area contributed by atoms with Crippen LogP contribution in [0.2, 0.25) is 0 Å². The first-order chi connectivity index (χ1) is 10.9. The Balaban J connectivity index is 1.94. The summed E-state index contributed by atoms with van der Waals surface area (Å²) in [5.74, 6) is -0.794. The molecule has 1 aliphatic heterocycles. The highest BCUT2D eigenvalue weighted by Crippen LogP contribution is 2.33. The molecule has 0 unspecified atom stereocenters. The first-order valence-corrected chi connectivity index (χ1v) is 8.81. The van der Waals surface area contributed by atoms with Crippen molar-refractivity contribution >= 4 is 23.6 Å². The third-order valence-corrected chi connectivity index (χ3v) is 5.52. The third kappa shape index (κ3) is 4.70. The van der Waals surface area contributed by atoms with Crippen molar-refractivity contribution in [2.24, 2.45) is 11.7 Å². The number of halogens is 1. The molecule has 4 nitrogen and oxygen atoms in total. The summed E-state index contributed by atoms with van der Waals surface area (Å²) in [6.07, 6.45) is 1.57. The van der Waals surface area contributed by atoms with Crippen molar-refractivity contribution in [1.82, 2.24) is 4.90 Å². The van der Waals surface area contributed by atoms with E-state index in [2.05, 4.69) is 0 Å². The maximum atomic E-state index is 13.0. The van der Waals surface area contributed by atoms with E-state index in [9.17, 15) is 14.0 Å². The second-order valence-corrected chi connectivity index (χ2v) is 7.68. The van der Waals surface area contributed by atoms with Gasteiger partial charge in [-0.1, -0.05) is 12.1 Å². The first-order valence-electron chi connectivity index (χ1n) is 7.87. The summed E-state index contributed by atoms with van der Waals surface area (Å²) in [6, 6.07) is 6.35. The fourth-order valence-corrected chi connectivity index (χ4v) is 4.04. The average Bonchev–Trinajstić information content (AvgIpc) is 2.54. The van der Waals surface area contributed by atoms with Gasteiger partial charge in [0.2, 0.25) is 11.8 Å². The number of nitrogens with zero attached hydrogens (tertiary/aromatic N) is 1. The fourth-order valence-electron chi connectivity index (χ4n) is 2.84. The lowest BCUT2D eigenvalue weighted by atomic mass is 9.97. The van der Waals surface area contributed by atoms with Crippen LogP contribution in [0.15, 0.2) is 24.3 Å². The van der Waals surface area contributed by atoms with Gasteiger partial charge in [0.25, 0.3) is 0 Å². The Morgan fingerprint density at radius 2 is 1.96 bits per heavy atom. The zero-order valence-corrected chi connectivity index (χ0v) is 14.3. The molecule has 2 N–H and O–H groups in total. The van der Waals surface area contributed by atoms with Gasteiger partial charge in [0.15, 0.2) is 0 Å². The number of benzene rings is 1. The lowest BCUT2D eigenvalue weighted by molar-refractivity contribution is -0.134. The van der Waals surface area contributed by atoms with Gasteiger partial charge >= 0.3 is 0 Å². The third-order valence-electron chi connectivity index (χ3n) is 4.23. The van der Waals surface area contributed by atoms with Crippen molar-refractivity contribution in [3.05, 3.63) is 35.6 Å². The Hall–Kier alpha value is -1.56. The second kappa shape index (κ2) is 7.81. The minimum absolute atomic E-state index is 0.0370. The van der Waals surface area contributed by atoms with Crippen LogP contribution in [0.25, 0.3) is 0 Å². The van der Waals surface area contributed by atoms with Gasteiger partial charge < -0.3 is 10.6 Å². The van der Waals surface area contributed by atoms with E-state index in [1.807, 2.05) is 13.8 Å². The summed E-state index contributed by atoms with van der Waals surface area (Å²) >= 11 is 1.54. The molecule has 2 amide bonds. The standard InChI is InChI=1S/C17H23FN2O2S/c1-11(13-5-7-15(18)8-6-13)23-12(2)17(22)20-9-3-4-14(10-20)16(19)21/h5-8,11-12,14H,3-4,9-10H2,1-2H3,(H2,19,21)/t11-,12+,14-/m1/s1. The van der Waals surface area contributed by atoms with Crippen molar-refractivity contribution in [3.8, 4) is 0 Å². The van der Waals surface area contributed by atoms with Gasteiger partial charge in [-0.3, -0.25) is 9.59 Å². The molecule has 1 fully saturated rings. The molecule has 0 spiro atoms. The van der Waals surface area contributed by atoms with E-state index >= 15 is 0 Å². The van der Waals surface area contributed by atoms with E-state index in [1.54, 1.807) is 28.8 Å². The van der Waals surface area contributed by atoms with E-state index < -0.39 is 0 Å². The molecule has 1 aliphatic rings. The average molecular weight is 338 g/mol. The topological polar surface area (TPSA) is 63.4 Å². The van der Waals surface area contributed by atoms with Crippen LogP contribution in [-0.4, -0.2) is 35.1 Å². The maximum Gasteiger partial charge on any atom is 0.235 e. The van der Waals surface area contributed by atoms with Crippen LogP contribution >= 0.6 is 11.8 Å². The molecule has 1 aromatic rings. The van der Waals surface area contributed by atoms with Crippen LogP contribution < -0.4 is 5.73 Å². The second-order valence-electron chi connectivity index (χ2n) is 6.00. The highest BCUT2D eigenvalue weighted by molar-refractivity contribution is 8.00. The molecule has 126 valence electrons. The van der Waals surface area contributed by atoms with Crippen molar-refractivity contribution in [1.29, 1.82) is 0 Å². The van der Waals surface area contributed by atoms with E-state index in [1.165, 1.54) is 12.1 Å². The van der Waals surface area contributed by atoms with Crippen molar-refractivity contribution in [3.63, 3.8) is 0 Å². The monoisotopic (exact) mass is 338 g/mol. The fraction of sp³-hybridized carbons (Fsp3) is 0.529. The predicted molar refractivity (Wildman–Crippen MR) is 90.4 cm³/mol. The normalized spacial score (nSPS) is 20.8. The Morgan fingerprint density at radius 1 is 1.30 bits per heavy atom. The minimum atomic E-state index is -0.331. The van der Waals surface area contributed by atoms with Gasteiger partial charge in [0.05, 0.1) is 11.2 Å². The zero-order chi connectivity index (χ0) is 17.0. The van der Waals surface area contributed by atoms with Crippen LogP contribution in [0, 0.1) is 11.7 Å². The Morgan fingerprint density at radius 3 is 2.57 bits per heavy atom.